The van der Waals surface area contributed by atoms with Gasteiger partial charge in [-0.25, -0.2) is 8.42 Å². The van der Waals surface area contributed by atoms with Gasteiger partial charge >= 0.3 is 0 Å². The van der Waals surface area contributed by atoms with Gasteiger partial charge in [-0.2, -0.15) is 4.31 Å². The molecule has 0 heterocycles. The van der Waals surface area contributed by atoms with Gasteiger partial charge in [0.2, 0.25) is 10.0 Å². The summed E-state index contributed by atoms with van der Waals surface area (Å²) in [5.74, 6) is 2.92. The predicted octanol–water partition coefficient (Wildman–Crippen LogP) is 1.74. The second kappa shape index (κ2) is 6.61. The van der Waals surface area contributed by atoms with Gasteiger partial charge in [-0.1, -0.05) is 25.0 Å². The molecule has 4 nitrogen and oxygen atoms in total. The normalized spacial score (nSPS) is 15.1. The summed E-state index contributed by atoms with van der Waals surface area (Å²) in [6.45, 7) is 2.91. The second-order valence-electron chi connectivity index (χ2n) is 5.44. The van der Waals surface area contributed by atoms with Crippen LogP contribution in [-0.4, -0.2) is 25.8 Å². The van der Waals surface area contributed by atoms with E-state index in [1.54, 1.807) is 6.07 Å². The molecule has 1 aliphatic carbocycles. The summed E-state index contributed by atoms with van der Waals surface area (Å²) in [5, 5.41) is 0. The number of sulfonamides is 1. The van der Waals surface area contributed by atoms with Crippen molar-refractivity contribution in [2.24, 2.45) is 11.7 Å². The van der Waals surface area contributed by atoms with E-state index in [1.807, 2.05) is 19.1 Å². The first kappa shape index (κ1) is 16.0. The molecule has 1 fully saturated rings. The van der Waals surface area contributed by atoms with E-state index in [0.717, 1.165) is 24.0 Å². The molecule has 1 aromatic rings. The van der Waals surface area contributed by atoms with Crippen LogP contribution < -0.4 is 5.73 Å². The van der Waals surface area contributed by atoms with Crippen molar-refractivity contribution in [3.8, 4) is 12.3 Å². The molecule has 0 amide bonds. The Hall–Kier alpha value is -1.35. The molecule has 0 aromatic heterocycles. The van der Waals surface area contributed by atoms with Crippen molar-refractivity contribution in [2.45, 2.75) is 37.6 Å². The highest BCUT2D eigenvalue weighted by Crippen LogP contribution is 2.32. The van der Waals surface area contributed by atoms with E-state index in [2.05, 4.69) is 5.92 Å². The summed E-state index contributed by atoms with van der Waals surface area (Å²) in [7, 11) is -3.56. The van der Waals surface area contributed by atoms with Gasteiger partial charge in [-0.05, 0) is 42.4 Å². The number of rotatable bonds is 7. The summed E-state index contributed by atoms with van der Waals surface area (Å²) >= 11 is 0. The van der Waals surface area contributed by atoms with E-state index in [1.165, 1.54) is 4.31 Å². The SMILES string of the molecule is C#CCN(CC1CC1)S(=O)(=O)c1cc(CN)ccc1CC. The molecular weight excluding hydrogens is 284 g/mol. The predicted molar refractivity (Wildman–Crippen MR) is 84.0 cm³/mol. The van der Waals surface area contributed by atoms with Crippen LogP contribution in [0.2, 0.25) is 0 Å². The first-order valence-corrected chi connectivity index (χ1v) is 8.72. The number of hydrogen-bond acceptors (Lipinski definition) is 3. The van der Waals surface area contributed by atoms with Gasteiger partial charge in [0.05, 0.1) is 11.4 Å². The van der Waals surface area contributed by atoms with Gasteiger partial charge in [0, 0.05) is 13.1 Å². The highest BCUT2D eigenvalue weighted by atomic mass is 32.2. The maximum atomic E-state index is 12.9. The van der Waals surface area contributed by atoms with Gasteiger partial charge in [0.25, 0.3) is 0 Å². The van der Waals surface area contributed by atoms with Crippen molar-refractivity contribution >= 4 is 10.0 Å². The van der Waals surface area contributed by atoms with Gasteiger partial charge in [0.1, 0.15) is 0 Å². The third kappa shape index (κ3) is 3.65. The lowest BCUT2D eigenvalue weighted by molar-refractivity contribution is 0.429. The molecule has 0 aliphatic heterocycles. The first-order valence-electron chi connectivity index (χ1n) is 7.28. The number of nitrogens with two attached hydrogens (primary N) is 1. The van der Waals surface area contributed by atoms with Crippen LogP contribution in [0.4, 0.5) is 0 Å². The van der Waals surface area contributed by atoms with Crippen LogP contribution in [0.3, 0.4) is 0 Å². The summed E-state index contributed by atoms with van der Waals surface area (Å²) < 4.78 is 27.3. The van der Waals surface area contributed by atoms with E-state index >= 15 is 0 Å². The molecule has 0 unspecified atom stereocenters. The van der Waals surface area contributed by atoms with Gasteiger partial charge in [-0.15, -0.1) is 6.42 Å². The van der Waals surface area contributed by atoms with Crippen LogP contribution in [0.5, 0.6) is 0 Å². The third-order valence-corrected chi connectivity index (χ3v) is 5.69. The molecule has 114 valence electrons. The highest BCUT2D eigenvalue weighted by Gasteiger charge is 2.32. The number of terminal acetylenes is 1. The van der Waals surface area contributed by atoms with E-state index < -0.39 is 10.0 Å². The van der Waals surface area contributed by atoms with Crippen molar-refractivity contribution in [2.75, 3.05) is 13.1 Å². The molecular formula is C16H22N2O2S. The fourth-order valence-corrected chi connectivity index (χ4v) is 4.11. The van der Waals surface area contributed by atoms with Crippen LogP contribution in [0.15, 0.2) is 23.1 Å². The van der Waals surface area contributed by atoms with Crippen molar-refractivity contribution in [3.63, 3.8) is 0 Å². The molecule has 5 heteroatoms. The number of hydrogen-bond donors (Lipinski definition) is 1. The zero-order valence-electron chi connectivity index (χ0n) is 12.4. The van der Waals surface area contributed by atoms with Gasteiger partial charge in [-0.3, -0.25) is 0 Å². The minimum absolute atomic E-state index is 0.120. The Morgan fingerprint density at radius 3 is 2.67 bits per heavy atom. The molecule has 1 aliphatic rings. The lowest BCUT2D eigenvalue weighted by atomic mass is 10.1. The molecule has 2 N–H and O–H groups in total. The Kier molecular flexibility index (Phi) is 5.04. The van der Waals surface area contributed by atoms with E-state index in [4.69, 9.17) is 12.2 Å². The average molecular weight is 306 g/mol. The Balaban J connectivity index is 2.42. The zero-order valence-corrected chi connectivity index (χ0v) is 13.2. The van der Waals surface area contributed by atoms with Crippen LogP contribution in [0.1, 0.15) is 30.9 Å². The summed E-state index contributed by atoms with van der Waals surface area (Å²) in [6.07, 6.45) is 8.18. The standard InChI is InChI=1S/C16H22N2O2S/c1-3-9-18(12-13-5-6-13)21(19,20)16-10-14(11-17)7-8-15(16)4-2/h1,7-8,10,13H,4-6,9,11-12,17H2,2H3. The monoisotopic (exact) mass is 306 g/mol. The molecule has 0 spiro atoms. The fraction of sp³-hybridized carbons (Fsp3) is 0.500. The number of benzene rings is 1. The quantitative estimate of drug-likeness (QED) is 0.781. The Bertz CT molecular complexity index is 643. The molecule has 1 saturated carbocycles. The maximum Gasteiger partial charge on any atom is 0.244 e. The second-order valence-corrected chi connectivity index (χ2v) is 7.35. The third-order valence-electron chi connectivity index (χ3n) is 3.79. The highest BCUT2D eigenvalue weighted by molar-refractivity contribution is 7.89. The molecule has 21 heavy (non-hydrogen) atoms. The minimum Gasteiger partial charge on any atom is -0.326 e. The zero-order chi connectivity index (χ0) is 15.5. The minimum atomic E-state index is -3.56. The lowest BCUT2D eigenvalue weighted by Crippen LogP contribution is -2.34. The maximum absolute atomic E-state index is 12.9. The average Bonchev–Trinajstić information content (AvgIpc) is 3.30. The van der Waals surface area contributed by atoms with Crippen molar-refractivity contribution in [3.05, 3.63) is 29.3 Å². The Labute approximate surface area is 127 Å². The lowest BCUT2D eigenvalue weighted by Gasteiger charge is -2.21. The molecule has 2 rings (SSSR count). The van der Waals surface area contributed by atoms with Crippen LogP contribution in [0, 0.1) is 18.3 Å². The summed E-state index contributed by atoms with van der Waals surface area (Å²) in [6, 6.07) is 5.41. The topological polar surface area (TPSA) is 63.4 Å². The Morgan fingerprint density at radius 1 is 1.43 bits per heavy atom. The van der Waals surface area contributed by atoms with Crippen molar-refractivity contribution in [1.29, 1.82) is 0 Å². The molecule has 0 radical (unpaired) electrons. The van der Waals surface area contributed by atoms with E-state index in [0.29, 0.717) is 30.3 Å². The molecule has 0 bridgehead atoms. The Morgan fingerprint density at radius 2 is 2.14 bits per heavy atom. The fourth-order valence-electron chi connectivity index (χ4n) is 2.34. The molecule has 0 saturated heterocycles. The summed E-state index contributed by atoms with van der Waals surface area (Å²) in [5.41, 5.74) is 7.27. The van der Waals surface area contributed by atoms with Crippen molar-refractivity contribution < 1.29 is 8.42 Å². The largest absolute Gasteiger partial charge is 0.326 e. The molecule has 1 aromatic carbocycles. The van der Waals surface area contributed by atoms with E-state index in [9.17, 15) is 8.42 Å². The number of aryl methyl sites for hydroxylation is 1. The smallest absolute Gasteiger partial charge is 0.244 e. The number of nitrogens with zero attached hydrogens (tertiary/aromatic N) is 1. The van der Waals surface area contributed by atoms with Gasteiger partial charge in [0.15, 0.2) is 0 Å². The van der Waals surface area contributed by atoms with E-state index in [-0.39, 0.29) is 6.54 Å². The van der Waals surface area contributed by atoms with Crippen LogP contribution in [-0.2, 0) is 23.0 Å². The van der Waals surface area contributed by atoms with Gasteiger partial charge < -0.3 is 5.73 Å². The molecule has 0 atom stereocenters. The van der Waals surface area contributed by atoms with Crippen molar-refractivity contribution in [1.82, 2.24) is 4.31 Å². The van der Waals surface area contributed by atoms with Crippen LogP contribution >= 0.6 is 0 Å². The van der Waals surface area contributed by atoms with Crippen LogP contribution in [0.25, 0.3) is 0 Å². The first-order chi connectivity index (χ1) is 10.0. The summed E-state index contributed by atoms with van der Waals surface area (Å²) in [4.78, 5) is 0.351.